The fraction of sp³-hybridized carbons (Fsp3) is 0.600. The van der Waals surface area contributed by atoms with Crippen LogP contribution in [0.25, 0.3) is 0 Å². The average Bonchev–Trinajstić information content (AvgIpc) is 2.26. The van der Waals surface area contributed by atoms with Crippen molar-refractivity contribution in [3.05, 3.63) is 34.4 Å². The predicted octanol–water partition coefficient (Wildman–Crippen LogP) is 2.83. The Hall–Kier alpha value is -0.570. The smallest absolute Gasteiger partial charge is 0.0237 e. The molecule has 1 aliphatic rings. The second-order valence-electron chi connectivity index (χ2n) is 5.45. The maximum absolute atomic E-state index is 3.49. The van der Waals surface area contributed by atoms with Crippen molar-refractivity contribution in [1.82, 2.24) is 10.2 Å². The van der Waals surface area contributed by atoms with Crippen LogP contribution < -0.4 is 5.32 Å². The van der Waals surface area contributed by atoms with Gasteiger partial charge in [-0.1, -0.05) is 12.1 Å². The molecule has 1 atom stereocenters. The van der Waals surface area contributed by atoms with Crippen LogP contribution >= 0.6 is 12.4 Å². The molecule has 0 aliphatic carbocycles. The van der Waals surface area contributed by atoms with Gasteiger partial charge in [-0.2, -0.15) is 0 Å². The van der Waals surface area contributed by atoms with Gasteiger partial charge in [0.25, 0.3) is 0 Å². The van der Waals surface area contributed by atoms with Gasteiger partial charge in [0.1, 0.15) is 0 Å². The summed E-state index contributed by atoms with van der Waals surface area (Å²) < 4.78 is 0. The van der Waals surface area contributed by atoms with Gasteiger partial charge in [-0.05, 0) is 49.9 Å². The highest BCUT2D eigenvalue weighted by molar-refractivity contribution is 5.85. The van der Waals surface area contributed by atoms with Gasteiger partial charge in [0.2, 0.25) is 0 Å². The van der Waals surface area contributed by atoms with Crippen molar-refractivity contribution in [3.8, 4) is 0 Å². The molecule has 1 N–H and O–H groups in total. The number of halogens is 1. The molecule has 1 saturated heterocycles. The second kappa shape index (κ2) is 6.55. The first-order valence-corrected chi connectivity index (χ1v) is 6.58. The molecule has 0 aromatic heterocycles. The Kier molecular flexibility index (Phi) is 5.64. The lowest BCUT2D eigenvalue weighted by molar-refractivity contribution is 0.199. The molecule has 2 nitrogen and oxygen atoms in total. The lowest BCUT2D eigenvalue weighted by Gasteiger charge is -2.32. The fourth-order valence-electron chi connectivity index (χ4n) is 2.59. The van der Waals surface area contributed by atoms with Crippen LogP contribution in [0.5, 0.6) is 0 Å². The lowest BCUT2D eigenvalue weighted by Crippen LogP contribution is -2.48. The Morgan fingerprint density at radius 3 is 2.50 bits per heavy atom. The second-order valence-corrected chi connectivity index (χ2v) is 5.45. The van der Waals surface area contributed by atoms with E-state index in [4.69, 9.17) is 0 Å². The van der Waals surface area contributed by atoms with Crippen molar-refractivity contribution in [2.75, 3.05) is 19.6 Å². The highest BCUT2D eigenvalue weighted by Gasteiger charge is 2.16. The maximum atomic E-state index is 3.49. The quantitative estimate of drug-likeness (QED) is 0.887. The number of hydrogen-bond acceptors (Lipinski definition) is 2. The molecule has 1 aromatic carbocycles. The molecular weight excluding hydrogens is 244 g/mol. The Labute approximate surface area is 117 Å². The molecule has 1 aliphatic heterocycles. The van der Waals surface area contributed by atoms with Gasteiger partial charge in [-0.3, -0.25) is 4.90 Å². The topological polar surface area (TPSA) is 15.3 Å². The van der Waals surface area contributed by atoms with Gasteiger partial charge < -0.3 is 5.32 Å². The number of rotatable bonds is 2. The van der Waals surface area contributed by atoms with Gasteiger partial charge in [0, 0.05) is 32.2 Å². The Balaban J connectivity index is 0.00000162. The number of aryl methyl sites for hydroxylation is 3. The van der Waals surface area contributed by atoms with E-state index in [1.54, 1.807) is 0 Å². The molecule has 3 heteroatoms. The summed E-state index contributed by atoms with van der Waals surface area (Å²) >= 11 is 0. The molecule has 0 spiro atoms. The van der Waals surface area contributed by atoms with Crippen LogP contribution in [0.2, 0.25) is 0 Å². The minimum atomic E-state index is 0. The minimum Gasteiger partial charge on any atom is -0.312 e. The van der Waals surface area contributed by atoms with Gasteiger partial charge in [0.15, 0.2) is 0 Å². The molecule has 18 heavy (non-hydrogen) atoms. The zero-order valence-electron chi connectivity index (χ0n) is 11.9. The van der Waals surface area contributed by atoms with Crippen LogP contribution in [0.1, 0.15) is 29.2 Å². The Morgan fingerprint density at radius 2 is 1.83 bits per heavy atom. The van der Waals surface area contributed by atoms with E-state index < -0.39 is 0 Å². The van der Waals surface area contributed by atoms with Gasteiger partial charge in [-0.15, -0.1) is 12.4 Å². The van der Waals surface area contributed by atoms with E-state index in [2.05, 4.69) is 50.0 Å². The number of benzene rings is 1. The van der Waals surface area contributed by atoms with E-state index in [1.165, 1.54) is 22.3 Å². The van der Waals surface area contributed by atoms with Gasteiger partial charge in [0.05, 0.1) is 0 Å². The molecule has 0 amide bonds. The van der Waals surface area contributed by atoms with Crippen molar-refractivity contribution in [2.24, 2.45) is 0 Å². The Morgan fingerprint density at radius 1 is 1.17 bits per heavy atom. The van der Waals surface area contributed by atoms with E-state index in [0.717, 1.165) is 26.2 Å². The van der Waals surface area contributed by atoms with Crippen LogP contribution in [-0.4, -0.2) is 30.6 Å². The molecule has 1 aromatic rings. The van der Waals surface area contributed by atoms with Gasteiger partial charge in [-0.25, -0.2) is 0 Å². The van der Waals surface area contributed by atoms with Gasteiger partial charge >= 0.3 is 0 Å². The molecule has 0 radical (unpaired) electrons. The highest BCUT2D eigenvalue weighted by atomic mass is 35.5. The molecule has 0 bridgehead atoms. The predicted molar refractivity (Wildman–Crippen MR) is 80.6 cm³/mol. The normalized spacial score (nSPS) is 20.6. The van der Waals surface area contributed by atoms with E-state index in [9.17, 15) is 0 Å². The summed E-state index contributed by atoms with van der Waals surface area (Å²) in [5.74, 6) is 0. The van der Waals surface area contributed by atoms with E-state index in [-0.39, 0.29) is 12.4 Å². The standard InChI is InChI=1S/C15H24N2.ClH/c1-11-7-13(3)15(8-12(11)2)10-17-6-5-16-14(4)9-17;/h7-8,14,16H,5-6,9-10H2,1-4H3;1H/t14-;/m0./s1. The van der Waals surface area contributed by atoms with Crippen LogP contribution in [0.15, 0.2) is 12.1 Å². The summed E-state index contributed by atoms with van der Waals surface area (Å²) in [6.45, 7) is 13.4. The van der Waals surface area contributed by atoms with Crippen molar-refractivity contribution in [3.63, 3.8) is 0 Å². The third kappa shape index (κ3) is 3.71. The monoisotopic (exact) mass is 268 g/mol. The summed E-state index contributed by atoms with van der Waals surface area (Å²) in [4.78, 5) is 2.55. The third-order valence-electron chi connectivity index (χ3n) is 3.80. The molecule has 1 heterocycles. The van der Waals surface area contributed by atoms with Crippen molar-refractivity contribution < 1.29 is 0 Å². The number of nitrogens with one attached hydrogen (secondary N) is 1. The van der Waals surface area contributed by atoms with Crippen molar-refractivity contribution in [2.45, 2.75) is 40.3 Å². The molecule has 0 saturated carbocycles. The molecule has 2 rings (SSSR count). The zero-order chi connectivity index (χ0) is 12.4. The zero-order valence-corrected chi connectivity index (χ0v) is 12.7. The fourth-order valence-corrected chi connectivity index (χ4v) is 2.59. The summed E-state index contributed by atoms with van der Waals surface area (Å²) in [7, 11) is 0. The van der Waals surface area contributed by atoms with Crippen LogP contribution in [0.4, 0.5) is 0 Å². The summed E-state index contributed by atoms with van der Waals surface area (Å²) in [5.41, 5.74) is 5.73. The number of hydrogen-bond donors (Lipinski definition) is 1. The van der Waals surface area contributed by atoms with Crippen LogP contribution in [-0.2, 0) is 6.54 Å². The van der Waals surface area contributed by atoms with Crippen molar-refractivity contribution >= 4 is 12.4 Å². The average molecular weight is 269 g/mol. The molecule has 0 unspecified atom stereocenters. The summed E-state index contributed by atoms with van der Waals surface area (Å²) in [6, 6.07) is 5.30. The summed E-state index contributed by atoms with van der Waals surface area (Å²) in [6.07, 6.45) is 0. The molecule has 102 valence electrons. The maximum Gasteiger partial charge on any atom is 0.0237 e. The first-order chi connectivity index (χ1) is 8.06. The van der Waals surface area contributed by atoms with Crippen molar-refractivity contribution in [1.29, 1.82) is 0 Å². The first-order valence-electron chi connectivity index (χ1n) is 6.58. The van der Waals surface area contributed by atoms with E-state index in [1.807, 2.05) is 0 Å². The lowest BCUT2D eigenvalue weighted by atomic mass is 10.00. The number of nitrogens with zero attached hydrogens (tertiary/aromatic N) is 1. The molecule has 1 fully saturated rings. The van der Waals surface area contributed by atoms with E-state index >= 15 is 0 Å². The SMILES string of the molecule is Cc1cc(C)c(CN2CCN[C@@H](C)C2)cc1C.Cl. The number of piperazine rings is 1. The largest absolute Gasteiger partial charge is 0.312 e. The Bertz CT molecular complexity index is 404. The van der Waals surface area contributed by atoms with Crippen LogP contribution in [0, 0.1) is 20.8 Å². The minimum absolute atomic E-state index is 0. The first kappa shape index (κ1) is 15.5. The van der Waals surface area contributed by atoms with Crippen LogP contribution in [0.3, 0.4) is 0 Å². The highest BCUT2D eigenvalue weighted by Crippen LogP contribution is 2.17. The molecular formula is C15H25ClN2. The summed E-state index contributed by atoms with van der Waals surface area (Å²) in [5, 5.41) is 3.49. The van der Waals surface area contributed by atoms with E-state index in [0.29, 0.717) is 6.04 Å². The third-order valence-corrected chi connectivity index (χ3v) is 3.80.